The third-order valence-electron chi connectivity index (χ3n) is 3.39. The van der Waals surface area contributed by atoms with Crippen molar-refractivity contribution in [3.05, 3.63) is 63.5 Å². The Hall–Kier alpha value is -3.16. The number of rotatable bonds is 7. The SMILES string of the molecule is CCOc1cc(C(=O)NCc2ccc(F)cc2)c([N+](=O)[O-])cc1OC. The number of carbonyl (C=O) groups excluding carboxylic acids is 1. The molecule has 0 aliphatic heterocycles. The standard InChI is InChI=1S/C17H17FN2O5/c1-3-25-16-8-13(14(20(22)23)9-15(16)24-2)17(21)19-10-11-4-6-12(18)7-5-11/h4-9H,3,10H2,1-2H3,(H,19,21). The van der Waals surface area contributed by atoms with Crippen molar-refractivity contribution in [1.29, 1.82) is 0 Å². The molecule has 2 rings (SSSR count). The quantitative estimate of drug-likeness (QED) is 0.613. The molecule has 1 N–H and O–H groups in total. The summed E-state index contributed by atoms with van der Waals surface area (Å²) in [6.45, 7) is 2.16. The average molecular weight is 348 g/mol. The second kappa shape index (κ2) is 8.09. The maximum Gasteiger partial charge on any atom is 0.286 e. The van der Waals surface area contributed by atoms with Crippen molar-refractivity contribution in [2.24, 2.45) is 0 Å². The van der Waals surface area contributed by atoms with E-state index in [0.717, 1.165) is 6.07 Å². The van der Waals surface area contributed by atoms with Crippen molar-refractivity contribution in [2.45, 2.75) is 13.5 Å². The van der Waals surface area contributed by atoms with Crippen LogP contribution in [0.2, 0.25) is 0 Å². The van der Waals surface area contributed by atoms with Gasteiger partial charge in [0.05, 0.1) is 24.7 Å². The van der Waals surface area contributed by atoms with Gasteiger partial charge in [-0.3, -0.25) is 14.9 Å². The van der Waals surface area contributed by atoms with Crippen LogP contribution in [0.15, 0.2) is 36.4 Å². The number of benzene rings is 2. The van der Waals surface area contributed by atoms with Crippen LogP contribution in [-0.2, 0) is 6.54 Å². The van der Waals surface area contributed by atoms with Gasteiger partial charge in [0.1, 0.15) is 11.4 Å². The summed E-state index contributed by atoms with van der Waals surface area (Å²) < 4.78 is 23.3. The van der Waals surface area contributed by atoms with E-state index in [1.807, 2.05) is 0 Å². The minimum atomic E-state index is -0.662. The minimum absolute atomic E-state index is 0.103. The van der Waals surface area contributed by atoms with Crippen LogP contribution in [0.5, 0.6) is 11.5 Å². The lowest BCUT2D eigenvalue weighted by atomic mass is 10.1. The Labute approximate surface area is 143 Å². The number of methoxy groups -OCH3 is 1. The molecule has 0 spiro atoms. The van der Waals surface area contributed by atoms with E-state index in [0.29, 0.717) is 12.2 Å². The smallest absolute Gasteiger partial charge is 0.286 e. The summed E-state index contributed by atoms with van der Waals surface area (Å²) in [5.74, 6) is -0.618. The lowest BCUT2D eigenvalue weighted by Crippen LogP contribution is -2.24. The molecule has 0 saturated heterocycles. The van der Waals surface area contributed by atoms with Crippen LogP contribution in [0.3, 0.4) is 0 Å². The first-order chi connectivity index (χ1) is 12.0. The Morgan fingerprint density at radius 2 is 1.92 bits per heavy atom. The third kappa shape index (κ3) is 4.43. The van der Waals surface area contributed by atoms with E-state index in [-0.39, 0.29) is 29.4 Å². The molecular weight excluding hydrogens is 331 g/mol. The average Bonchev–Trinajstić information content (AvgIpc) is 2.60. The highest BCUT2D eigenvalue weighted by Gasteiger charge is 2.24. The Kier molecular flexibility index (Phi) is 5.89. The van der Waals surface area contributed by atoms with E-state index in [2.05, 4.69) is 5.32 Å². The number of nitrogens with one attached hydrogen (secondary N) is 1. The summed E-state index contributed by atoms with van der Waals surface area (Å²) in [6.07, 6.45) is 0. The molecular formula is C17H17FN2O5. The highest BCUT2D eigenvalue weighted by molar-refractivity contribution is 5.99. The molecule has 0 bridgehead atoms. The zero-order chi connectivity index (χ0) is 18.4. The topological polar surface area (TPSA) is 90.7 Å². The fourth-order valence-electron chi connectivity index (χ4n) is 2.19. The van der Waals surface area contributed by atoms with Gasteiger partial charge in [-0.1, -0.05) is 12.1 Å². The fraction of sp³-hybridized carbons (Fsp3) is 0.235. The van der Waals surface area contributed by atoms with Crippen LogP contribution in [0.4, 0.5) is 10.1 Å². The molecule has 0 aliphatic rings. The van der Waals surface area contributed by atoms with Gasteiger partial charge in [0.25, 0.3) is 11.6 Å². The van der Waals surface area contributed by atoms with Gasteiger partial charge in [-0.2, -0.15) is 0 Å². The molecule has 0 heterocycles. The Bertz CT molecular complexity index is 777. The molecule has 0 radical (unpaired) electrons. The molecule has 8 heteroatoms. The largest absolute Gasteiger partial charge is 0.493 e. The van der Waals surface area contributed by atoms with Crippen molar-refractivity contribution in [3.63, 3.8) is 0 Å². The molecule has 0 unspecified atom stereocenters. The number of hydrogen-bond acceptors (Lipinski definition) is 5. The maximum absolute atomic E-state index is 12.9. The molecule has 0 aliphatic carbocycles. The van der Waals surface area contributed by atoms with Gasteiger partial charge in [0.15, 0.2) is 11.5 Å². The van der Waals surface area contributed by atoms with Crippen LogP contribution >= 0.6 is 0 Å². The van der Waals surface area contributed by atoms with Crippen LogP contribution < -0.4 is 14.8 Å². The number of nitro benzene ring substituents is 1. The summed E-state index contributed by atoms with van der Waals surface area (Å²) >= 11 is 0. The Morgan fingerprint density at radius 3 is 2.48 bits per heavy atom. The van der Waals surface area contributed by atoms with Crippen molar-refractivity contribution in [2.75, 3.05) is 13.7 Å². The molecule has 1 amide bonds. The Morgan fingerprint density at radius 1 is 1.24 bits per heavy atom. The number of hydrogen-bond donors (Lipinski definition) is 1. The van der Waals surface area contributed by atoms with E-state index in [1.165, 1.54) is 37.4 Å². The molecule has 7 nitrogen and oxygen atoms in total. The summed E-state index contributed by atoms with van der Waals surface area (Å²) in [6, 6.07) is 8.00. The lowest BCUT2D eigenvalue weighted by Gasteiger charge is -2.12. The number of halogens is 1. The second-order valence-electron chi connectivity index (χ2n) is 5.02. The third-order valence-corrected chi connectivity index (χ3v) is 3.39. The minimum Gasteiger partial charge on any atom is -0.493 e. The van der Waals surface area contributed by atoms with Crippen LogP contribution in [-0.4, -0.2) is 24.5 Å². The van der Waals surface area contributed by atoms with Crippen molar-refractivity contribution < 1.29 is 23.6 Å². The van der Waals surface area contributed by atoms with Crippen molar-refractivity contribution >= 4 is 11.6 Å². The van der Waals surface area contributed by atoms with Gasteiger partial charge in [0, 0.05) is 12.6 Å². The number of amides is 1. The lowest BCUT2D eigenvalue weighted by molar-refractivity contribution is -0.385. The molecule has 0 aromatic heterocycles. The van der Waals surface area contributed by atoms with Crippen molar-refractivity contribution in [1.82, 2.24) is 5.32 Å². The van der Waals surface area contributed by atoms with Crippen LogP contribution in [0, 0.1) is 15.9 Å². The van der Waals surface area contributed by atoms with Crippen molar-refractivity contribution in [3.8, 4) is 11.5 Å². The molecule has 132 valence electrons. The van der Waals surface area contributed by atoms with Crippen LogP contribution in [0.1, 0.15) is 22.8 Å². The predicted octanol–water partition coefficient (Wildman–Crippen LogP) is 3.07. The normalized spacial score (nSPS) is 10.2. The monoisotopic (exact) mass is 348 g/mol. The van der Waals surface area contributed by atoms with Gasteiger partial charge in [-0.05, 0) is 24.6 Å². The number of ether oxygens (including phenoxy) is 2. The number of nitro groups is 1. The zero-order valence-electron chi connectivity index (χ0n) is 13.7. The first kappa shape index (κ1) is 18.2. The number of nitrogens with zero attached hydrogens (tertiary/aromatic N) is 1. The van der Waals surface area contributed by atoms with E-state index in [4.69, 9.17) is 9.47 Å². The summed E-state index contributed by atoms with van der Waals surface area (Å²) in [5.41, 5.74) is 0.129. The van der Waals surface area contributed by atoms with Crippen LogP contribution in [0.25, 0.3) is 0 Å². The second-order valence-corrected chi connectivity index (χ2v) is 5.02. The molecule has 0 saturated carbocycles. The maximum atomic E-state index is 12.9. The van der Waals surface area contributed by atoms with Gasteiger partial charge < -0.3 is 14.8 Å². The van der Waals surface area contributed by atoms with Gasteiger partial charge in [0.2, 0.25) is 0 Å². The summed E-state index contributed by atoms with van der Waals surface area (Å²) in [4.78, 5) is 23.0. The fourth-order valence-corrected chi connectivity index (χ4v) is 2.19. The predicted molar refractivity (Wildman–Crippen MR) is 88.4 cm³/mol. The highest BCUT2D eigenvalue weighted by Crippen LogP contribution is 2.34. The molecule has 0 fully saturated rings. The van der Waals surface area contributed by atoms with Gasteiger partial charge in [-0.25, -0.2) is 4.39 Å². The first-order valence-corrected chi connectivity index (χ1v) is 7.48. The molecule has 25 heavy (non-hydrogen) atoms. The first-order valence-electron chi connectivity index (χ1n) is 7.48. The molecule has 2 aromatic carbocycles. The summed E-state index contributed by atoms with van der Waals surface area (Å²) in [7, 11) is 1.36. The van der Waals surface area contributed by atoms with E-state index in [9.17, 15) is 19.3 Å². The Balaban J connectivity index is 2.28. The molecule has 2 aromatic rings. The van der Waals surface area contributed by atoms with E-state index < -0.39 is 16.5 Å². The number of carbonyl (C=O) groups is 1. The highest BCUT2D eigenvalue weighted by atomic mass is 19.1. The molecule has 0 atom stereocenters. The van der Waals surface area contributed by atoms with Gasteiger partial charge in [-0.15, -0.1) is 0 Å². The van der Waals surface area contributed by atoms with Gasteiger partial charge >= 0.3 is 0 Å². The van der Waals surface area contributed by atoms with E-state index >= 15 is 0 Å². The summed E-state index contributed by atoms with van der Waals surface area (Å²) in [5, 5.41) is 13.8. The zero-order valence-corrected chi connectivity index (χ0v) is 13.7. The van der Waals surface area contributed by atoms with E-state index in [1.54, 1.807) is 6.92 Å².